The zero-order valence-corrected chi connectivity index (χ0v) is 22.2. The number of nitrogens with two attached hydrogens (primary N) is 4. The van der Waals surface area contributed by atoms with E-state index in [1.807, 2.05) is 13.8 Å². The van der Waals surface area contributed by atoms with E-state index in [1.54, 1.807) is 0 Å². The molecule has 4 atom stereocenters. The van der Waals surface area contributed by atoms with Crippen molar-refractivity contribution in [2.75, 3.05) is 6.54 Å². The molecule has 0 fully saturated rings. The Morgan fingerprint density at radius 1 is 0.974 bits per heavy atom. The Kier molecular flexibility index (Phi) is 14.0. The van der Waals surface area contributed by atoms with Crippen molar-refractivity contribution in [3.8, 4) is 0 Å². The van der Waals surface area contributed by atoms with Crippen LogP contribution in [0.5, 0.6) is 0 Å². The van der Waals surface area contributed by atoms with Crippen molar-refractivity contribution in [3.63, 3.8) is 0 Å². The average molecular weight is 553 g/mol. The number of aliphatic carboxylic acids is 1. The number of nitrogens with one attached hydrogen (secondary N) is 4. The van der Waals surface area contributed by atoms with Crippen LogP contribution in [0.15, 0.2) is 17.5 Å². The lowest BCUT2D eigenvalue weighted by Crippen LogP contribution is -2.58. The minimum absolute atomic E-state index is 0.00999. The average Bonchev–Trinajstić information content (AvgIpc) is 3.35. The Labute approximate surface area is 226 Å². The Bertz CT molecular complexity index is 994. The van der Waals surface area contributed by atoms with Gasteiger partial charge in [-0.1, -0.05) is 13.8 Å². The number of aromatic amines is 1. The SMILES string of the molecule is CC(C)CC(NC(=O)C(N)CCCN=C(N)N)C(=O)NC(Cc1cnc[nH]1)C(=O)NC(CCC(N)=O)C(=O)O. The Morgan fingerprint density at radius 3 is 2.13 bits per heavy atom. The number of guanidine groups is 1. The second kappa shape index (κ2) is 16.6. The van der Waals surface area contributed by atoms with Crippen molar-refractivity contribution in [2.45, 2.75) is 76.5 Å². The molecular weight excluding hydrogens is 512 g/mol. The third-order valence-electron chi connectivity index (χ3n) is 5.55. The number of aromatic nitrogens is 2. The number of hydrogen-bond acceptors (Lipinski definition) is 8. The lowest BCUT2D eigenvalue weighted by molar-refractivity contribution is -0.142. The largest absolute Gasteiger partial charge is 0.480 e. The third-order valence-corrected chi connectivity index (χ3v) is 5.55. The maximum absolute atomic E-state index is 13.3. The van der Waals surface area contributed by atoms with Gasteiger partial charge in [0.2, 0.25) is 23.6 Å². The molecule has 4 unspecified atom stereocenters. The van der Waals surface area contributed by atoms with Crippen LogP contribution >= 0.6 is 0 Å². The van der Waals surface area contributed by atoms with Crippen molar-refractivity contribution in [1.29, 1.82) is 0 Å². The van der Waals surface area contributed by atoms with Crippen LogP contribution in [0.25, 0.3) is 0 Å². The van der Waals surface area contributed by atoms with Crippen molar-refractivity contribution in [1.82, 2.24) is 25.9 Å². The smallest absolute Gasteiger partial charge is 0.326 e. The number of hydrogen-bond donors (Lipinski definition) is 9. The van der Waals surface area contributed by atoms with Crippen LogP contribution in [0.1, 0.15) is 51.6 Å². The normalized spacial score (nSPS) is 13.9. The molecule has 0 saturated heterocycles. The summed E-state index contributed by atoms with van der Waals surface area (Å²) in [5.74, 6) is -4.20. The summed E-state index contributed by atoms with van der Waals surface area (Å²) < 4.78 is 0. The van der Waals surface area contributed by atoms with Crippen molar-refractivity contribution in [3.05, 3.63) is 18.2 Å². The summed E-state index contributed by atoms with van der Waals surface area (Å²) in [6.07, 6.45) is 3.25. The molecule has 1 aromatic heterocycles. The molecule has 0 saturated carbocycles. The topological polar surface area (TPSA) is 287 Å². The summed E-state index contributed by atoms with van der Waals surface area (Å²) in [6, 6.07) is -4.58. The van der Waals surface area contributed by atoms with Gasteiger partial charge in [-0.15, -0.1) is 0 Å². The number of amides is 4. The lowest BCUT2D eigenvalue weighted by Gasteiger charge is -2.26. The van der Waals surface area contributed by atoms with Crippen LogP contribution in [0, 0.1) is 5.92 Å². The third kappa shape index (κ3) is 13.2. The molecule has 0 aromatic carbocycles. The predicted octanol–water partition coefficient (Wildman–Crippen LogP) is -2.82. The van der Waals surface area contributed by atoms with Gasteiger partial charge in [0, 0.05) is 31.3 Å². The molecular formula is C23H40N10O6. The highest BCUT2D eigenvalue weighted by atomic mass is 16.4. The predicted molar refractivity (Wildman–Crippen MR) is 141 cm³/mol. The van der Waals surface area contributed by atoms with E-state index in [-0.39, 0.29) is 44.0 Å². The molecule has 0 aliphatic carbocycles. The van der Waals surface area contributed by atoms with Crippen LogP contribution in [0.2, 0.25) is 0 Å². The van der Waals surface area contributed by atoms with Crippen LogP contribution in [0.4, 0.5) is 0 Å². The van der Waals surface area contributed by atoms with E-state index >= 15 is 0 Å². The first-order valence-corrected chi connectivity index (χ1v) is 12.5. The van der Waals surface area contributed by atoms with Crippen LogP contribution in [0.3, 0.4) is 0 Å². The van der Waals surface area contributed by atoms with E-state index in [0.29, 0.717) is 18.7 Å². The highest BCUT2D eigenvalue weighted by molar-refractivity contribution is 5.94. The van der Waals surface area contributed by atoms with E-state index < -0.39 is 53.8 Å². The molecule has 0 bridgehead atoms. The van der Waals surface area contributed by atoms with Crippen LogP contribution < -0.4 is 38.9 Å². The molecule has 16 nitrogen and oxygen atoms in total. The van der Waals surface area contributed by atoms with E-state index in [2.05, 4.69) is 30.9 Å². The summed E-state index contributed by atoms with van der Waals surface area (Å²) in [5.41, 5.74) is 22.1. The van der Waals surface area contributed by atoms with Gasteiger partial charge in [0.25, 0.3) is 0 Å². The summed E-state index contributed by atoms with van der Waals surface area (Å²) in [4.78, 5) is 72.2. The van der Waals surface area contributed by atoms with Gasteiger partial charge >= 0.3 is 5.97 Å². The second-order valence-corrected chi connectivity index (χ2v) is 9.49. The van der Waals surface area contributed by atoms with Gasteiger partial charge < -0.3 is 49.0 Å². The fourth-order valence-corrected chi connectivity index (χ4v) is 3.55. The molecule has 0 aliphatic rings. The number of carbonyl (C=O) groups is 5. The molecule has 218 valence electrons. The fraction of sp³-hybridized carbons (Fsp3) is 0.609. The Hall–Kier alpha value is -4.21. The number of nitrogens with zero attached hydrogens (tertiary/aromatic N) is 2. The Morgan fingerprint density at radius 2 is 1.59 bits per heavy atom. The molecule has 0 spiro atoms. The Balaban J connectivity index is 2.99. The summed E-state index contributed by atoms with van der Waals surface area (Å²) in [6.45, 7) is 4.00. The van der Waals surface area contributed by atoms with E-state index in [4.69, 9.17) is 22.9 Å². The highest BCUT2D eigenvalue weighted by Gasteiger charge is 2.31. The first-order chi connectivity index (χ1) is 18.3. The number of carboxylic acid groups (broad SMARTS) is 1. The summed E-state index contributed by atoms with van der Waals surface area (Å²) in [7, 11) is 0. The van der Waals surface area contributed by atoms with Gasteiger partial charge in [-0.25, -0.2) is 9.78 Å². The molecule has 4 amide bonds. The van der Waals surface area contributed by atoms with E-state index in [9.17, 15) is 29.1 Å². The maximum Gasteiger partial charge on any atom is 0.326 e. The van der Waals surface area contributed by atoms with Gasteiger partial charge in [0.1, 0.15) is 18.1 Å². The molecule has 1 aromatic rings. The number of imidazole rings is 1. The van der Waals surface area contributed by atoms with Gasteiger partial charge in [0.15, 0.2) is 5.96 Å². The van der Waals surface area contributed by atoms with E-state index in [1.165, 1.54) is 12.5 Å². The van der Waals surface area contributed by atoms with Gasteiger partial charge in [0.05, 0.1) is 12.4 Å². The number of carboxylic acids is 1. The zero-order chi connectivity index (χ0) is 29.5. The number of H-pyrrole nitrogens is 1. The van der Waals surface area contributed by atoms with Crippen molar-refractivity contribution >= 4 is 35.6 Å². The molecule has 39 heavy (non-hydrogen) atoms. The summed E-state index contributed by atoms with van der Waals surface area (Å²) >= 11 is 0. The van der Waals surface area contributed by atoms with Gasteiger partial charge in [-0.2, -0.15) is 0 Å². The lowest BCUT2D eigenvalue weighted by atomic mass is 10.0. The second-order valence-electron chi connectivity index (χ2n) is 9.49. The van der Waals surface area contributed by atoms with Crippen molar-refractivity contribution in [2.24, 2.45) is 33.8 Å². The molecule has 0 aliphatic heterocycles. The highest BCUT2D eigenvalue weighted by Crippen LogP contribution is 2.09. The zero-order valence-electron chi connectivity index (χ0n) is 22.2. The number of aliphatic imine (C=N–C) groups is 1. The summed E-state index contributed by atoms with van der Waals surface area (Å²) in [5, 5.41) is 17.0. The van der Waals surface area contributed by atoms with Gasteiger partial charge in [-0.05, 0) is 31.6 Å². The van der Waals surface area contributed by atoms with E-state index in [0.717, 1.165) is 0 Å². The standard InChI is InChI=1S/C23H40N10O6/c1-12(2)8-16(32-19(35)14(24)4-3-7-29-23(26)27)20(36)33-17(9-13-10-28-11-30-13)21(37)31-15(22(38)39)5-6-18(25)34/h10-12,14-17H,3-9,24H2,1-2H3,(H2,25,34)(H,28,30)(H,31,37)(H,32,35)(H,33,36)(H,38,39)(H4,26,27,29). The minimum atomic E-state index is -1.41. The monoisotopic (exact) mass is 552 g/mol. The number of rotatable bonds is 18. The van der Waals surface area contributed by atoms with Crippen molar-refractivity contribution < 1.29 is 29.1 Å². The molecule has 13 N–H and O–H groups in total. The molecule has 1 heterocycles. The first kappa shape index (κ1) is 32.8. The quantitative estimate of drug-likeness (QED) is 0.0511. The number of primary amides is 1. The minimum Gasteiger partial charge on any atom is -0.480 e. The number of carbonyl (C=O) groups excluding carboxylic acids is 4. The molecule has 0 radical (unpaired) electrons. The maximum atomic E-state index is 13.3. The molecule has 16 heteroatoms. The first-order valence-electron chi connectivity index (χ1n) is 12.5. The fourth-order valence-electron chi connectivity index (χ4n) is 3.55. The van der Waals surface area contributed by atoms with Crippen LogP contribution in [-0.4, -0.2) is 81.3 Å². The van der Waals surface area contributed by atoms with Crippen LogP contribution in [-0.2, 0) is 30.4 Å². The van der Waals surface area contributed by atoms with Gasteiger partial charge in [-0.3, -0.25) is 24.2 Å². The molecule has 1 rings (SSSR count).